The Balaban J connectivity index is 2.25. The minimum Gasteiger partial charge on any atom is -0.395 e. The first-order valence-corrected chi connectivity index (χ1v) is 6.18. The molecule has 19 heavy (non-hydrogen) atoms. The van der Waals surface area contributed by atoms with Crippen LogP contribution in [-0.2, 0) is 0 Å². The van der Waals surface area contributed by atoms with E-state index in [1.54, 1.807) is 19.2 Å². The molecule has 0 aliphatic rings. The van der Waals surface area contributed by atoms with Gasteiger partial charge in [-0.3, -0.25) is 9.89 Å². The summed E-state index contributed by atoms with van der Waals surface area (Å²) >= 11 is 6.08. The van der Waals surface area contributed by atoms with Gasteiger partial charge in [-0.15, -0.1) is 0 Å². The maximum Gasteiger partial charge on any atom is 0.271 e. The summed E-state index contributed by atoms with van der Waals surface area (Å²) in [4.78, 5) is 13.4. The van der Waals surface area contributed by atoms with Crippen molar-refractivity contribution in [2.75, 3.05) is 20.2 Å². The van der Waals surface area contributed by atoms with Crippen LogP contribution in [0.5, 0.6) is 0 Å². The molecule has 2 N–H and O–H groups in total. The van der Waals surface area contributed by atoms with Gasteiger partial charge in [0.25, 0.3) is 5.91 Å². The van der Waals surface area contributed by atoms with E-state index in [-0.39, 0.29) is 19.1 Å². The molecule has 0 aliphatic carbocycles. The average molecular weight is 280 g/mol. The molecule has 100 valence electrons. The Labute approximate surface area is 115 Å². The zero-order valence-corrected chi connectivity index (χ0v) is 11.2. The summed E-state index contributed by atoms with van der Waals surface area (Å²) in [5.74, 6) is -0.222. The first-order chi connectivity index (χ1) is 9.13. The van der Waals surface area contributed by atoms with Crippen LogP contribution >= 0.6 is 11.6 Å². The average Bonchev–Trinajstić information content (AvgIpc) is 2.88. The zero-order valence-electron chi connectivity index (χ0n) is 10.4. The summed E-state index contributed by atoms with van der Waals surface area (Å²) in [6, 6.07) is 8.95. The van der Waals surface area contributed by atoms with E-state index in [0.29, 0.717) is 16.4 Å². The number of aliphatic hydroxyl groups excluding tert-OH is 1. The van der Waals surface area contributed by atoms with Gasteiger partial charge in [0, 0.05) is 19.2 Å². The van der Waals surface area contributed by atoms with Crippen LogP contribution in [0.1, 0.15) is 10.5 Å². The van der Waals surface area contributed by atoms with Crippen LogP contribution in [0.2, 0.25) is 5.02 Å². The van der Waals surface area contributed by atoms with Gasteiger partial charge in [-0.05, 0) is 12.1 Å². The minimum absolute atomic E-state index is 0.0756. The number of hydrogen-bond donors (Lipinski definition) is 2. The molecule has 0 atom stereocenters. The third kappa shape index (κ3) is 2.94. The lowest BCUT2D eigenvalue weighted by molar-refractivity contribution is 0.0761. The number of carbonyl (C=O) groups excluding carboxylic acids is 1. The zero-order chi connectivity index (χ0) is 13.8. The summed E-state index contributed by atoms with van der Waals surface area (Å²) in [6.07, 6.45) is 0. The lowest BCUT2D eigenvalue weighted by Gasteiger charge is -2.13. The lowest BCUT2D eigenvalue weighted by atomic mass is 10.1. The van der Waals surface area contributed by atoms with Crippen molar-refractivity contribution in [3.05, 3.63) is 41.0 Å². The Bertz CT molecular complexity index is 583. The minimum atomic E-state index is -0.222. The van der Waals surface area contributed by atoms with Crippen molar-refractivity contribution in [1.82, 2.24) is 15.1 Å². The number of carbonyl (C=O) groups is 1. The van der Waals surface area contributed by atoms with Crippen molar-refractivity contribution in [2.24, 2.45) is 0 Å². The molecule has 0 saturated carbocycles. The number of halogens is 1. The van der Waals surface area contributed by atoms with Crippen molar-refractivity contribution in [3.8, 4) is 11.3 Å². The largest absolute Gasteiger partial charge is 0.395 e. The van der Waals surface area contributed by atoms with Crippen LogP contribution in [0.15, 0.2) is 30.3 Å². The van der Waals surface area contributed by atoms with Crippen LogP contribution in [0.4, 0.5) is 0 Å². The molecular weight excluding hydrogens is 266 g/mol. The maximum absolute atomic E-state index is 12.0. The number of benzene rings is 1. The maximum atomic E-state index is 12.0. The van der Waals surface area contributed by atoms with Crippen molar-refractivity contribution >= 4 is 17.5 Å². The third-order valence-electron chi connectivity index (χ3n) is 2.74. The van der Waals surface area contributed by atoms with E-state index < -0.39 is 0 Å². The fourth-order valence-electron chi connectivity index (χ4n) is 1.70. The molecule has 0 fully saturated rings. The second-order valence-electron chi connectivity index (χ2n) is 4.10. The van der Waals surface area contributed by atoms with Crippen LogP contribution < -0.4 is 0 Å². The molecule has 0 saturated heterocycles. The van der Waals surface area contributed by atoms with Gasteiger partial charge in [-0.25, -0.2) is 0 Å². The number of aromatic amines is 1. The highest BCUT2D eigenvalue weighted by atomic mass is 35.5. The van der Waals surface area contributed by atoms with Crippen molar-refractivity contribution in [3.63, 3.8) is 0 Å². The summed E-state index contributed by atoms with van der Waals surface area (Å²) in [5.41, 5.74) is 1.75. The summed E-state index contributed by atoms with van der Waals surface area (Å²) in [5, 5.41) is 16.2. The Morgan fingerprint density at radius 3 is 2.89 bits per heavy atom. The molecular formula is C13H14ClN3O2. The summed E-state index contributed by atoms with van der Waals surface area (Å²) in [7, 11) is 1.62. The Morgan fingerprint density at radius 1 is 1.47 bits per heavy atom. The van der Waals surface area contributed by atoms with E-state index in [2.05, 4.69) is 10.2 Å². The number of likely N-dealkylation sites (N-methyl/N-ethyl adjacent to an activating group) is 1. The van der Waals surface area contributed by atoms with Gasteiger partial charge in [0.15, 0.2) is 0 Å². The molecule has 0 spiro atoms. The fourth-order valence-corrected chi connectivity index (χ4v) is 1.93. The molecule has 5 nitrogen and oxygen atoms in total. The number of nitrogens with zero attached hydrogens (tertiary/aromatic N) is 2. The molecule has 0 radical (unpaired) electrons. The molecule has 1 aromatic carbocycles. The van der Waals surface area contributed by atoms with Crippen LogP contribution in [0.3, 0.4) is 0 Å². The molecule has 1 aromatic heterocycles. The molecule has 0 bridgehead atoms. The first kappa shape index (κ1) is 13.6. The predicted molar refractivity (Wildman–Crippen MR) is 73.1 cm³/mol. The highest BCUT2D eigenvalue weighted by Gasteiger charge is 2.15. The van der Waals surface area contributed by atoms with E-state index >= 15 is 0 Å². The van der Waals surface area contributed by atoms with Crippen LogP contribution in [-0.4, -0.2) is 46.3 Å². The Kier molecular flexibility index (Phi) is 4.19. The second-order valence-corrected chi connectivity index (χ2v) is 4.50. The topological polar surface area (TPSA) is 69.2 Å². The van der Waals surface area contributed by atoms with Crippen molar-refractivity contribution in [1.29, 1.82) is 0 Å². The molecule has 2 aromatic rings. The molecule has 0 aliphatic heterocycles. The van der Waals surface area contributed by atoms with Gasteiger partial charge in [0.05, 0.1) is 17.3 Å². The lowest BCUT2D eigenvalue weighted by Crippen LogP contribution is -2.29. The van der Waals surface area contributed by atoms with E-state index in [1.807, 2.05) is 18.2 Å². The third-order valence-corrected chi connectivity index (χ3v) is 3.07. The summed E-state index contributed by atoms with van der Waals surface area (Å²) < 4.78 is 0. The van der Waals surface area contributed by atoms with E-state index in [9.17, 15) is 4.79 Å². The van der Waals surface area contributed by atoms with Crippen molar-refractivity contribution in [2.45, 2.75) is 0 Å². The van der Waals surface area contributed by atoms with Gasteiger partial charge < -0.3 is 10.0 Å². The standard InChI is InChI=1S/C13H14ClN3O2/c1-17(6-7-18)13(19)12-8-11(15-16-12)9-4-2-3-5-10(9)14/h2-5,8,18H,6-7H2,1H3,(H,15,16). The van der Waals surface area contributed by atoms with Crippen LogP contribution in [0.25, 0.3) is 11.3 Å². The molecule has 6 heteroatoms. The fraction of sp³-hybridized carbons (Fsp3) is 0.231. The number of H-pyrrole nitrogens is 1. The van der Waals surface area contributed by atoms with E-state index in [1.165, 1.54) is 4.90 Å². The molecule has 1 amide bonds. The highest BCUT2D eigenvalue weighted by Crippen LogP contribution is 2.26. The van der Waals surface area contributed by atoms with Gasteiger partial charge in [0.2, 0.25) is 0 Å². The number of hydrogen-bond acceptors (Lipinski definition) is 3. The smallest absolute Gasteiger partial charge is 0.271 e. The molecule has 1 heterocycles. The number of nitrogens with one attached hydrogen (secondary N) is 1. The number of aromatic nitrogens is 2. The van der Waals surface area contributed by atoms with Crippen molar-refractivity contribution < 1.29 is 9.90 Å². The Hall–Kier alpha value is -1.85. The molecule has 2 rings (SSSR count). The Morgan fingerprint density at radius 2 is 2.21 bits per heavy atom. The number of rotatable bonds is 4. The normalized spacial score (nSPS) is 10.5. The number of aliphatic hydroxyl groups is 1. The predicted octanol–water partition coefficient (Wildman–Crippen LogP) is 1.79. The van der Waals surface area contributed by atoms with Crippen LogP contribution in [0, 0.1) is 0 Å². The van der Waals surface area contributed by atoms with Gasteiger partial charge in [-0.1, -0.05) is 29.8 Å². The van der Waals surface area contributed by atoms with Gasteiger partial charge >= 0.3 is 0 Å². The van der Waals surface area contributed by atoms with E-state index in [4.69, 9.17) is 16.7 Å². The quantitative estimate of drug-likeness (QED) is 0.896. The number of amides is 1. The molecule has 0 unspecified atom stereocenters. The summed E-state index contributed by atoms with van der Waals surface area (Å²) in [6.45, 7) is 0.201. The van der Waals surface area contributed by atoms with Gasteiger partial charge in [0.1, 0.15) is 5.69 Å². The second kappa shape index (κ2) is 5.86. The van der Waals surface area contributed by atoms with Gasteiger partial charge in [-0.2, -0.15) is 5.10 Å². The monoisotopic (exact) mass is 279 g/mol. The SMILES string of the molecule is CN(CCO)C(=O)c1cc(-c2ccccc2Cl)n[nH]1. The first-order valence-electron chi connectivity index (χ1n) is 5.80. The highest BCUT2D eigenvalue weighted by molar-refractivity contribution is 6.33. The van der Waals surface area contributed by atoms with E-state index in [0.717, 1.165) is 5.56 Å².